The molecule has 2 fully saturated rings. The summed E-state index contributed by atoms with van der Waals surface area (Å²) < 4.78 is 5.56. The molecule has 104 valence electrons. The molecule has 19 heavy (non-hydrogen) atoms. The second-order valence-corrected chi connectivity index (χ2v) is 5.89. The summed E-state index contributed by atoms with van der Waals surface area (Å²) in [4.78, 5) is 0. The molecule has 3 rings (SSSR count). The maximum atomic E-state index is 9.98. The van der Waals surface area contributed by atoms with E-state index < -0.39 is 6.10 Å². The molecule has 1 aromatic rings. The van der Waals surface area contributed by atoms with Crippen LogP contribution in [0.4, 0.5) is 0 Å². The number of hydrogen-bond acceptors (Lipinski definition) is 3. The highest BCUT2D eigenvalue weighted by atomic mass is 16.5. The number of aliphatic hydroxyl groups is 1. The van der Waals surface area contributed by atoms with E-state index in [0.29, 0.717) is 19.2 Å². The number of aliphatic hydroxyl groups excluding tert-OH is 1. The Morgan fingerprint density at radius 2 is 1.74 bits per heavy atom. The van der Waals surface area contributed by atoms with Gasteiger partial charge in [0.05, 0.1) is 0 Å². The Bertz CT molecular complexity index is 375. The minimum Gasteiger partial charge on any atom is -0.491 e. The van der Waals surface area contributed by atoms with Crippen LogP contribution in [0.2, 0.25) is 0 Å². The summed E-state index contributed by atoms with van der Waals surface area (Å²) in [5.41, 5.74) is 0. The lowest BCUT2D eigenvalue weighted by atomic mass is 10.1. The molecule has 2 aliphatic carbocycles. The van der Waals surface area contributed by atoms with Gasteiger partial charge >= 0.3 is 0 Å². The van der Waals surface area contributed by atoms with Crippen molar-refractivity contribution in [3.63, 3.8) is 0 Å². The summed E-state index contributed by atoms with van der Waals surface area (Å²) in [6.07, 6.45) is 5.03. The molecule has 0 spiro atoms. The molecule has 0 saturated heterocycles. The number of nitrogens with one attached hydrogen (secondary N) is 1. The van der Waals surface area contributed by atoms with Gasteiger partial charge in [0.1, 0.15) is 18.5 Å². The van der Waals surface area contributed by atoms with Crippen LogP contribution in [0.25, 0.3) is 0 Å². The number of rotatable bonds is 8. The fourth-order valence-corrected chi connectivity index (χ4v) is 2.67. The molecular weight excluding hydrogens is 238 g/mol. The molecule has 2 N–H and O–H groups in total. The molecule has 0 bridgehead atoms. The van der Waals surface area contributed by atoms with E-state index in [4.69, 9.17) is 4.74 Å². The van der Waals surface area contributed by atoms with Gasteiger partial charge in [0.2, 0.25) is 0 Å². The molecule has 0 radical (unpaired) electrons. The molecule has 3 nitrogen and oxygen atoms in total. The van der Waals surface area contributed by atoms with Crippen molar-refractivity contribution in [3.8, 4) is 5.75 Å². The van der Waals surface area contributed by atoms with Crippen molar-refractivity contribution >= 4 is 0 Å². The first-order valence-corrected chi connectivity index (χ1v) is 7.42. The Balaban J connectivity index is 1.37. The highest BCUT2D eigenvalue weighted by Gasteiger charge is 2.41. The molecule has 1 atom stereocenters. The summed E-state index contributed by atoms with van der Waals surface area (Å²) in [5, 5.41) is 13.5. The summed E-state index contributed by atoms with van der Waals surface area (Å²) in [6, 6.07) is 10.3. The normalized spacial score (nSPS) is 20.5. The Morgan fingerprint density at radius 1 is 1.11 bits per heavy atom. The molecule has 0 aromatic heterocycles. The maximum absolute atomic E-state index is 9.98. The van der Waals surface area contributed by atoms with Crippen molar-refractivity contribution in [2.24, 2.45) is 11.8 Å². The minimum absolute atomic E-state index is 0.360. The molecule has 1 unspecified atom stereocenters. The second-order valence-electron chi connectivity index (χ2n) is 5.89. The van der Waals surface area contributed by atoms with Gasteiger partial charge in [-0.1, -0.05) is 18.2 Å². The van der Waals surface area contributed by atoms with Gasteiger partial charge in [0, 0.05) is 12.6 Å². The van der Waals surface area contributed by atoms with E-state index in [1.165, 1.54) is 25.7 Å². The van der Waals surface area contributed by atoms with Crippen LogP contribution >= 0.6 is 0 Å². The van der Waals surface area contributed by atoms with Gasteiger partial charge in [0.25, 0.3) is 0 Å². The van der Waals surface area contributed by atoms with E-state index in [0.717, 1.165) is 17.6 Å². The Hall–Kier alpha value is -1.06. The van der Waals surface area contributed by atoms with Crippen molar-refractivity contribution < 1.29 is 9.84 Å². The van der Waals surface area contributed by atoms with Crippen molar-refractivity contribution in [3.05, 3.63) is 30.3 Å². The lowest BCUT2D eigenvalue weighted by Gasteiger charge is -2.20. The SMILES string of the molecule is OC(CNC(C1CC1)C1CC1)COc1ccccc1. The lowest BCUT2D eigenvalue weighted by Crippen LogP contribution is -2.40. The van der Waals surface area contributed by atoms with Crippen molar-refractivity contribution in [2.75, 3.05) is 13.2 Å². The average molecular weight is 261 g/mol. The van der Waals surface area contributed by atoms with Gasteiger partial charge in [0.15, 0.2) is 0 Å². The minimum atomic E-state index is -0.430. The largest absolute Gasteiger partial charge is 0.491 e. The second kappa shape index (κ2) is 5.93. The quantitative estimate of drug-likeness (QED) is 0.754. The van der Waals surface area contributed by atoms with Gasteiger partial charge in [-0.25, -0.2) is 0 Å². The molecule has 0 amide bonds. The van der Waals surface area contributed by atoms with E-state index in [1.807, 2.05) is 30.3 Å². The zero-order valence-corrected chi connectivity index (χ0v) is 11.3. The first-order valence-electron chi connectivity index (χ1n) is 7.42. The third-order valence-corrected chi connectivity index (χ3v) is 4.03. The van der Waals surface area contributed by atoms with Crippen molar-refractivity contribution in [1.82, 2.24) is 5.32 Å². The van der Waals surface area contributed by atoms with Crippen LogP contribution in [0.5, 0.6) is 5.75 Å². The van der Waals surface area contributed by atoms with Crippen LogP contribution < -0.4 is 10.1 Å². The van der Waals surface area contributed by atoms with E-state index >= 15 is 0 Å². The predicted octanol–water partition coefficient (Wildman–Crippen LogP) is 2.20. The molecule has 1 aromatic carbocycles. The van der Waals surface area contributed by atoms with Gasteiger partial charge < -0.3 is 15.2 Å². The van der Waals surface area contributed by atoms with Crippen LogP contribution in [0.3, 0.4) is 0 Å². The van der Waals surface area contributed by atoms with Gasteiger partial charge in [-0.05, 0) is 49.7 Å². The number of para-hydroxylation sites is 1. The third kappa shape index (κ3) is 3.95. The average Bonchev–Trinajstić information content (AvgIpc) is 3.30. The summed E-state index contributed by atoms with van der Waals surface area (Å²) in [5.74, 6) is 2.56. The van der Waals surface area contributed by atoms with Crippen LogP contribution in [0.1, 0.15) is 25.7 Å². The van der Waals surface area contributed by atoms with E-state index in [2.05, 4.69) is 5.32 Å². The van der Waals surface area contributed by atoms with Crippen LogP contribution in [0.15, 0.2) is 30.3 Å². The van der Waals surface area contributed by atoms with Gasteiger partial charge in [-0.15, -0.1) is 0 Å². The van der Waals surface area contributed by atoms with E-state index in [1.54, 1.807) is 0 Å². The van der Waals surface area contributed by atoms with Gasteiger partial charge in [-0.3, -0.25) is 0 Å². The van der Waals surface area contributed by atoms with Crippen LogP contribution in [-0.4, -0.2) is 30.4 Å². The predicted molar refractivity (Wildman–Crippen MR) is 75.2 cm³/mol. The zero-order valence-electron chi connectivity index (χ0n) is 11.3. The summed E-state index contributed by atoms with van der Waals surface area (Å²) >= 11 is 0. The molecule has 0 heterocycles. The van der Waals surface area contributed by atoms with Gasteiger partial charge in [-0.2, -0.15) is 0 Å². The first-order chi connectivity index (χ1) is 9.33. The maximum Gasteiger partial charge on any atom is 0.119 e. The topological polar surface area (TPSA) is 41.5 Å². The smallest absolute Gasteiger partial charge is 0.119 e. The number of hydrogen-bond donors (Lipinski definition) is 2. The van der Waals surface area contributed by atoms with E-state index in [-0.39, 0.29) is 0 Å². The molecule has 2 saturated carbocycles. The molecular formula is C16H23NO2. The highest BCUT2D eigenvalue weighted by molar-refractivity contribution is 5.20. The van der Waals surface area contributed by atoms with Crippen LogP contribution in [0, 0.1) is 11.8 Å². The standard InChI is InChI=1S/C16H23NO2/c18-14(11-19-15-4-2-1-3-5-15)10-17-16(12-6-7-12)13-8-9-13/h1-5,12-14,16-18H,6-11H2. The van der Waals surface area contributed by atoms with Crippen LogP contribution in [-0.2, 0) is 0 Å². The molecule has 3 heteroatoms. The monoisotopic (exact) mass is 261 g/mol. The number of ether oxygens (including phenoxy) is 1. The lowest BCUT2D eigenvalue weighted by molar-refractivity contribution is 0.102. The Morgan fingerprint density at radius 3 is 2.32 bits per heavy atom. The molecule has 0 aliphatic heterocycles. The fourth-order valence-electron chi connectivity index (χ4n) is 2.67. The third-order valence-electron chi connectivity index (χ3n) is 4.03. The Kier molecular flexibility index (Phi) is 4.04. The van der Waals surface area contributed by atoms with E-state index in [9.17, 15) is 5.11 Å². The fraction of sp³-hybridized carbons (Fsp3) is 0.625. The van der Waals surface area contributed by atoms with Crippen molar-refractivity contribution in [2.45, 2.75) is 37.8 Å². The highest BCUT2D eigenvalue weighted by Crippen LogP contribution is 2.44. The number of benzene rings is 1. The summed E-state index contributed by atoms with van der Waals surface area (Å²) in [6.45, 7) is 1.00. The Labute approximate surface area is 115 Å². The van der Waals surface area contributed by atoms with Crippen molar-refractivity contribution in [1.29, 1.82) is 0 Å². The first kappa shape index (κ1) is 12.9. The molecule has 2 aliphatic rings. The summed E-state index contributed by atoms with van der Waals surface area (Å²) in [7, 11) is 0. The zero-order chi connectivity index (χ0) is 13.1.